The first kappa shape index (κ1) is 16.5. The van der Waals surface area contributed by atoms with E-state index in [1.165, 1.54) is 11.6 Å². The van der Waals surface area contributed by atoms with E-state index in [1.807, 2.05) is 24.3 Å². The summed E-state index contributed by atoms with van der Waals surface area (Å²) in [6, 6.07) is 7.38. The number of methoxy groups -OCH3 is 1. The molecule has 0 atom stereocenters. The minimum atomic E-state index is -0.427. The molecule has 9 heteroatoms. The molecule has 0 radical (unpaired) electrons. The van der Waals surface area contributed by atoms with Gasteiger partial charge in [0.15, 0.2) is 11.2 Å². The van der Waals surface area contributed by atoms with E-state index in [-0.39, 0.29) is 0 Å². The van der Waals surface area contributed by atoms with E-state index >= 15 is 0 Å². The number of benzene rings is 1. The lowest BCUT2D eigenvalue weighted by atomic mass is 10.2. The Bertz CT molecular complexity index is 1070. The second-order valence-corrected chi connectivity index (χ2v) is 5.52. The van der Waals surface area contributed by atoms with Gasteiger partial charge in [0.05, 0.1) is 13.3 Å². The van der Waals surface area contributed by atoms with Gasteiger partial charge in [-0.25, -0.2) is 10.2 Å². The Hall–Kier alpha value is -3.36. The zero-order valence-electron chi connectivity index (χ0n) is 14.3. The number of imidazole rings is 1. The zero-order chi connectivity index (χ0) is 18.1. The van der Waals surface area contributed by atoms with Crippen molar-refractivity contribution in [1.82, 2.24) is 18.7 Å². The molecule has 0 unspecified atom stereocenters. The number of hydrogen-bond donors (Lipinski definition) is 1. The number of aryl methyl sites for hydroxylation is 2. The summed E-state index contributed by atoms with van der Waals surface area (Å²) in [4.78, 5) is 28.6. The lowest BCUT2D eigenvalue weighted by Gasteiger charge is -2.03. The molecule has 3 aromatic rings. The average molecular weight is 342 g/mol. The zero-order valence-corrected chi connectivity index (χ0v) is 14.3. The molecule has 0 saturated carbocycles. The Kier molecular flexibility index (Phi) is 4.14. The van der Waals surface area contributed by atoms with Gasteiger partial charge in [-0.1, -0.05) is 0 Å². The number of fused-ring (bicyclic) bond motifs is 1. The predicted octanol–water partition coefficient (Wildman–Crippen LogP) is 0.425. The molecule has 0 spiro atoms. The van der Waals surface area contributed by atoms with Crippen LogP contribution in [0.3, 0.4) is 0 Å². The van der Waals surface area contributed by atoms with E-state index < -0.39 is 11.2 Å². The van der Waals surface area contributed by atoms with Crippen LogP contribution in [-0.2, 0) is 21.1 Å². The van der Waals surface area contributed by atoms with Crippen molar-refractivity contribution in [3.63, 3.8) is 0 Å². The van der Waals surface area contributed by atoms with E-state index in [2.05, 4.69) is 15.5 Å². The molecule has 2 aromatic heterocycles. The average Bonchev–Trinajstić information content (AvgIpc) is 2.95. The molecule has 1 N–H and O–H groups in total. The molecular formula is C16H18N6O3. The largest absolute Gasteiger partial charge is 0.497 e. The van der Waals surface area contributed by atoms with Gasteiger partial charge in [0.25, 0.3) is 5.56 Å². The van der Waals surface area contributed by atoms with Gasteiger partial charge >= 0.3 is 5.69 Å². The van der Waals surface area contributed by atoms with E-state index in [1.54, 1.807) is 32.0 Å². The van der Waals surface area contributed by atoms with Crippen molar-refractivity contribution in [2.75, 3.05) is 12.5 Å². The molecule has 1 aromatic carbocycles. The van der Waals surface area contributed by atoms with E-state index in [9.17, 15) is 9.59 Å². The fraction of sp³-hybridized carbons (Fsp3) is 0.250. The van der Waals surface area contributed by atoms with Gasteiger partial charge in [-0.05, 0) is 29.8 Å². The molecule has 0 amide bonds. The molecule has 0 aliphatic rings. The maximum atomic E-state index is 12.3. The Morgan fingerprint density at radius 3 is 2.40 bits per heavy atom. The molecule has 0 aliphatic heterocycles. The Morgan fingerprint density at radius 1 is 1.08 bits per heavy atom. The van der Waals surface area contributed by atoms with Crippen LogP contribution in [0.4, 0.5) is 5.95 Å². The molecular weight excluding hydrogens is 324 g/mol. The predicted molar refractivity (Wildman–Crippen MR) is 95.4 cm³/mol. The van der Waals surface area contributed by atoms with E-state index in [0.29, 0.717) is 17.1 Å². The van der Waals surface area contributed by atoms with Gasteiger partial charge in [0.2, 0.25) is 5.95 Å². The summed E-state index contributed by atoms with van der Waals surface area (Å²) in [6.07, 6.45) is 1.62. The number of ether oxygens (including phenoxy) is 1. The molecule has 3 rings (SSSR count). The normalized spacial score (nSPS) is 11.4. The van der Waals surface area contributed by atoms with Gasteiger partial charge < -0.3 is 9.30 Å². The van der Waals surface area contributed by atoms with E-state index in [0.717, 1.165) is 15.9 Å². The van der Waals surface area contributed by atoms with Gasteiger partial charge in [0.1, 0.15) is 5.75 Å². The van der Waals surface area contributed by atoms with Crippen LogP contribution in [0.5, 0.6) is 5.75 Å². The molecule has 0 fully saturated rings. The molecule has 9 nitrogen and oxygen atoms in total. The molecule has 0 saturated heterocycles. The number of aromatic nitrogens is 4. The summed E-state index contributed by atoms with van der Waals surface area (Å²) in [5.41, 5.74) is 3.47. The number of nitrogens with one attached hydrogen (secondary N) is 1. The van der Waals surface area contributed by atoms with Crippen LogP contribution in [0.15, 0.2) is 39.0 Å². The second kappa shape index (κ2) is 6.27. The number of hydrazone groups is 1. The molecule has 130 valence electrons. The summed E-state index contributed by atoms with van der Waals surface area (Å²) in [6.45, 7) is 0. The quantitative estimate of drug-likeness (QED) is 0.548. The third-order valence-electron chi connectivity index (χ3n) is 3.97. The van der Waals surface area contributed by atoms with Crippen LogP contribution in [0.25, 0.3) is 11.2 Å². The fourth-order valence-corrected chi connectivity index (χ4v) is 2.47. The van der Waals surface area contributed by atoms with Crippen molar-refractivity contribution >= 4 is 23.3 Å². The Morgan fingerprint density at radius 2 is 1.76 bits per heavy atom. The highest BCUT2D eigenvalue weighted by molar-refractivity contribution is 5.80. The number of hydrogen-bond acceptors (Lipinski definition) is 6. The smallest absolute Gasteiger partial charge is 0.332 e. The summed E-state index contributed by atoms with van der Waals surface area (Å²) < 4.78 is 9.05. The van der Waals surface area contributed by atoms with Crippen LogP contribution < -0.4 is 21.4 Å². The molecule has 0 aliphatic carbocycles. The monoisotopic (exact) mass is 342 g/mol. The number of nitrogens with zero attached hydrogens (tertiary/aromatic N) is 5. The Labute approximate surface area is 142 Å². The minimum absolute atomic E-state index is 0.303. The molecule has 25 heavy (non-hydrogen) atoms. The van der Waals surface area contributed by atoms with Crippen molar-refractivity contribution in [3.8, 4) is 5.75 Å². The van der Waals surface area contributed by atoms with Crippen LogP contribution in [0.2, 0.25) is 0 Å². The number of rotatable bonds is 4. The first-order valence-electron chi connectivity index (χ1n) is 7.49. The Balaban J connectivity index is 1.94. The van der Waals surface area contributed by atoms with Crippen molar-refractivity contribution in [1.29, 1.82) is 0 Å². The third kappa shape index (κ3) is 2.80. The van der Waals surface area contributed by atoms with Crippen molar-refractivity contribution in [2.45, 2.75) is 0 Å². The first-order chi connectivity index (χ1) is 11.9. The standard InChI is InChI=1S/C16H18N6O3/c1-20-12-13(21(2)16(24)22(3)14(12)23)18-15(20)19-17-9-10-5-7-11(25-4)8-6-10/h5-9H,1-4H3,(H,18,19). The SMILES string of the molecule is COc1ccc(C=NNc2nc3c(c(=O)n(C)c(=O)n3C)n2C)cc1. The van der Waals surface area contributed by atoms with Gasteiger partial charge in [-0.15, -0.1) is 0 Å². The topological polar surface area (TPSA) is 95.4 Å². The van der Waals surface area contributed by atoms with Gasteiger partial charge in [-0.3, -0.25) is 13.9 Å². The van der Waals surface area contributed by atoms with E-state index in [4.69, 9.17) is 4.74 Å². The van der Waals surface area contributed by atoms with Crippen molar-refractivity contribution in [3.05, 3.63) is 50.7 Å². The molecule has 0 bridgehead atoms. The fourth-order valence-electron chi connectivity index (χ4n) is 2.47. The summed E-state index contributed by atoms with van der Waals surface area (Å²) in [5, 5.41) is 4.13. The van der Waals surface area contributed by atoms with Gasteiger partial charge in [-0.2, -0.15) is 10.1 Å². The molecule has 2 heterocycles. The van der Waals surface area contributed by atoms with Crippen molar-refractivity contribution in [2.24, 2.45) is 26.2 Å². The highest BCUT2D eigenvalue weighted by Crippen LogP contribution is 2.13. The maximum absolute atomic E-state index is 12.3. The maximum Gasteiger partial charge on any atom is 0.332 e. The highest BCUT2D eigenvalue weighted by atomic mass is 16.5. The number of anilines is 1. The van der Waals surface area contributed by atoms with Crippen LogP contribution in [0.1, 0.15) is 5.56 Å². The summed E-state index contributed by atoms with van der Waals surface area (Å²) in [7, 11) is 6.30. The van der Waals surface area contributed by atoms with Crippen LogP contribution in [0, 0.1) is 0 Å². The minimum Gasteiger partial charge on any atom is -0.497 e. The summed E-state index contributed by atoms with van der Waals surface area (Å²) >= 11 is 0. The van der Waals surface area contributed by atoms with Gasteiger partial charge in [0, 0.05) is 21.1 Å². The lowest BCUT2D eigenvalue weighted by Crippen LogP contribution is -2.37. The lowest BCUT2D eigenvalue weighted by molar-refractivity contribution is 0.415. The van der Waals surface area contributed by atoms with Crippen LogP contribution in [-0.4, -0.2) is 32.0 Å². The first-order valence-corrected chi connectivity index (χ1v) is 7.49. The van der Waals surface area contributed by atoms with Crippen LogP contribution >= 0.6 is 0 Å². The highest BCUT2D eigenvalue weighted by Gasteiger charge is 2.16. The third-order valence-corrected chi connectivity index (χ3v) is 3.97. The van der Waals surface area contributed by atoms with Crippen molar-refractivity contribution < 1.29 is 4.74 Å². The summed E-state index contributed by atoms with van der Waals surface area (Å²) in [5.74, 6) is 1.12. The second-order valence-electron chi connectivity index (χ2n) is 5.52.